The summed E-state index contributed by atoms with van der Waals surface area (Å²) < 4.78 is 117. The van der Waals surface area contributed by atoms with E-state index in [-0.39, 0.29) is 42.6 Å². The van der Waals surface area contributed by atoms with E-state index in [1.54, 1.807) is 11.9 Å². The maximum absolute atomic E-state index is 13.7. The average Bonchev–Trinajstić information content (AvgIpc) is 3.47. The van der Waals surface area contributed by atoms with Crippen LogP contribution < -0.4 is 11.0 Å². The van der Waals surface area contributed by atoms with Gasteiger partial charge in [0.15, 0.2) is 6.29 Å². The fourth-order valence-corrected chi connectivity index (χ4v) is 5.70. The standard InChI is InChI=1S/C23H22F7N4O6P.C7H17NO5/c1-12(14-8-15(22(25,26)27)10-16(9-14)23(28,29)30)40-20-19(13-2-4-17(24)5-3-13)33(6-7-39-20)11-18-31-21(35)34(32-18)41(36,37)38;1-8-2-4(10)6(12)7(13)5(11)3-9/h2-5,8-10,12,19-20H,6-7,11H2,1H3,(H,31,32,35)(H2,36,37,38);4-13H,2-3H2,1H3/t12-,19?,20?;4-,5+,6+,7+/m10/s1. The summed E-state index contributed by atoms with van der Waals surface area (Å²) in [7, 11) is -3.47. The lowest BCUT2D eigenvalue weighted by Gasteiger charge is -2.41. The van der Waals surface area contributed by atoms with Crippen molar-refractivity contribution in [2.75, 3.05) is 33.4 Å². The van der Waals surface area contributed by atoms with Gasteiger partial charge in [0.1, 0.15) is 30.0 Å². The molecule has 1 aliphatic heterocycles. The average molecular weight is 810 g/mol. The third-order valence-corrected chi connectivity index (χ3v) is 8.73. The monoisotopic (exact) mass is 809 g/mol. The van der Waals surface area contributed by atoms with Crippen LogP contribution in [-0.2, 0) is 32.9 Å². The maximum Gasteiger partial charge on any atom is 0.452 e. The van der Waals surface area contributed by atoms with E-state index in [0.717, 1.165) is 12.1 Å². The van der Waals surface area contributed by atoms with Crippen molar-refractivity contribution in [3.8, 4) is 0 Å². The van der Waals surface area contributed by atoms with Crippen molar-refractivity contribution in [1.82, 2.24) is 24.8 Å². The summed E-state index contributed by atoms with van der Waals surface area (Å²) >= 11 is 0. The molecule has 1 fully saturated rings. The lowest BCUT2D eigenvalue weighted by atomic mass is 10.0. The van der Waals surface area contributed by atoms with Gasteiger partial charge in [0.2, 0.25) is 0 Å². The number of nitrogens with zero attached hydrogens (tertiary/aromatic N) is 3. The fourth-order valence-electron chi connectivity index (χ4n) is 5.19. The number of aliphatic hydroxyl groups is 5. The minimum Gasteiger partial charge on any atom is -0.394 e. The van der Waals surface area contributed by atoms with E-state index in [1.165, 1.54) is 19.1 Å². The van der Waals surface area contributed by atoms with E-state index in [1.807, 2.05) is 0 Å². The summed E-state index contributed by atoms with van der Waals surface area (Å²) in [6.45, 7) is 0.473. The topological polar surface area (TPSA) is 243 Å². The predicted molar refractivity (Wildman–Crippen MR) is 171 cm³/mol. The lowest BCUT2D eigenvalue weighted by Crippen LogP contribution is -2.48. The van der Waals surface area contributed by atoms with E-state index in [9.17, 15) is 55.0 Å². The SMILES string of the molecule is CNC[C@H](O)[C@@H](O)[C@H](O)[C@H](O)CO.C[C@@H](OC1OCCN(Cc2nc(=O)n(P(=O)(O)O)[nH]2)C1c1ccc(F)cc1)c1cc(C(F)(F)F)cc(C(F)(F)F)c1. The Morgan fingerprint density at radius 2 is 1.56 bits per heavy atom. The second-order valence-electron chi connectivity index (χ2n) is 12.0. The number of alkyl halides is 6. The van der Waals surface area contributed by atoms with Crippen LogP contribution in [0.4, 0.5) is 30.7 Å². The maximum atomic E-state index is 13.7. The molecule has 2 heterocycles. The van der Waals surface area contributed by atoms with Crippen molar-refractivity contribution in [3.05, 3.63) is 86.8 Å². The van der Waals surface area contributed by atoms with Crippen LogP contribution in [0.25, 0.3) is 0 Å². The Balaban J connectivity index is 0.000000515. The number of benzene rings is 2. The lowest BCUT2D eigenvalue weighted by molar-refractivity contribution is -0.231. The molecule has 16 nitrogen and oxygen atoms in total. The van der Waals surface area contributed by atoms with Crippen molar-refractivity contribution in [2.45, 2.75) is 68.7 Å². The highest BCUT2D eigenvalue weighted by atomic mass is 31.2. The van der Waals surface area contributed by atoms with Crippen LogP contribution in [0.1, 0.15) is 47.1 Å². The molecule has 9 N–H and O–H groups in total. The first-order valence-corrected chi connectivity index (χ1v) is 17.3. The summed E-state index contributed by atoms with van der Waals surface area (Å²) in [5.74, 6) is -0.775. The molecule has 24 heteroatoms. The molecule has 2 aromatic carbocycles. The molecule has 1 saturated heterocycles. The van der Waals surface area contributed by atoms with Gasteiger partial charge in [-0.25, -0.2) is 13.8 Å². The molecule has 3 aromatic rings. The third-order valence-electron chi connectivity index (χ3n) is 7.94. The third kappa shape index (κ3) is 12.1. The second-order valence-corrected chi connectivity index (χ2v) is 13.4. The number of aliphatic hydroxyl groups excluding tert-OH is 5. The van der Waals surface area contributed by atoms with E-state index in [2.05, 4.69) is 15.4 Å². The number of hydrogen-bond acceptors (Lipinski definition) is 12. The molecule has 1 aliphatic rings. The Morgan fingerprint density at radius 3 is 2.04 bits per heavy atom. The van der Waals surface area contributed by atoms with Crippen LogP contribution in [0.5, 0.6) is 0 Å². The van der Waals surface area contributed by atoms with Crippen molar-refractivity contribution in [1.29, 1.82) is 0 Å². The summed E-state index contributed by atoms with van der Waals surface area (Å²) in [6, 6.07) is 5.01. The molecule has 0 bridgehead atoms. The minimum atomic E-state index is -5.07. The number of H-pyrrole nitrogens is 1. The molecule has 7 atom stereocenters. The van der Waals surface area contributed by atoms with Gasteiger partial charge in [0.05, 0.1) is 49.1 Å². The Hall–Kier alpha value is -3.32. The van der Waals surface area contributed by atoms with Crippen molar-refractivity contribution in [2.24, 2.45) is 0 Å². The molecule has 2 unspecified atom stereocenters. The number of ether oxygens (including phenoxy) is 2. The van der Waals surface area contributed by atoms with Gasteiger partial charge in [0, 0.05) is 13.1 Å². The van der Waals surface area contributed by atoms with E-state index >= 15 is 0 Å². The number of aromatic nitrogens is 3. The molecule has 0 radical (unpaired) electrons. The summed E-state index contributed by atoms with van der Waals surface area (Å²) in [5.41, 5.74) is -4.38. The van der Waals surface area contributed by atoms with Crippen molar-refractivity contribution >= 4 is 7.75 Å². The molecule has 1 aromatic heterocycles. The van der Waals surface area contributed by atoms with Gasteiger partial charge >= 0.3 is 25.8 Å². The Kier molecular flexibility index (Phi) is 15.5. The van der Waals surface area contributed by atoms with Gasteiger partial charge in [-0.15, -0.1) is 4.45 Å². The highest BCUT2D eigenvalue weighted by molar-refractivity contribution is 7.49. The van der Waals surface area contributed by atoms with Gasteiger partial charge in [0.25, 0.3) is 0 Å². The molecular weight excluding hydrogens is 770 g/mol. The number of likely N-dealkylation sites (N-methyl/N-ethyl adjacent to an activating group) is 1. The van der Waals surface area contributed by atoms with E-state index < -0.39 is 97.8 Å². The number of hydrogen-bond donors (Lipinski definition) is 9. The van der Waals surface area contributed by atoms with Gasteiger partial charge in [-0.3, -0.25) is 10.00 Å². The zero-order valence-electron chi connectivity index (χ0n) is 28.3. The molecule has 0 amide bonds. The van der Waals surface area contributed by atoms with E-state index in [4.69, 9.17) is 29.9 Å². The molecule has 0 spiro atoms. The normalized spacial score (nSPS) is 20.1. The van der Waals surface area contributed by atoms with Crippen LogP contribution in [0, 0.1) is 5.82 Å². The molecule has 304 valence electrons. The highest BCUT2D eigenvalue weighted by Crippen LogP contribution is 2.40. The first-order valence-electron chi connectivity index (χ1n) is 15.8. The number of nitrogens with one attached hydrogen (secondary N) is 2. The van der Waals surface area contributed by atoms with Gasteiger partial charge in [-0.1, -0.05) is 12.1 Å². The van der Waals surface area contributed by atoms with Crippen LogP contribution in [-0.4, -0.2) is 119 Å². The fraction of sp³-hybridized carbons (Fsp3) is 0.533. The summed E-state index contributed by atoms with van der Waals surface area (Å²) in [4.78, 5) is 35.7. The number of rotatable bonds is 13. The second kappa shape index (κ2) is 18.5. The molecule has 0 saturated carbocycles. The molecule has 54 heavy (non-hydrogen) atoms. The van der Waals surface area contributed by atoms with E-state index in [0.29, 0.717) is 17.7 Å². The Bertz CT molecular complexity index is 1730. The minimum absolute atomic E-state index is 0.00603. The first kappa shape index (κ1) is 45.1. The number of halogens is 7. The zero-order valence-corrected chi connectivity index (χ0v) is 29.2. The van der Waals surface area contributed by atoms with Gasteiger partial charge in [-0.2, -0.15) is 31.3 Å². The van der Waals surface area contributed by atoms with Crippen LogP contribution >= 0.6 is 7.75 Å². The summed E-state index contributed by atoms with van der Waals surface area (Å²) in [6.07, 6.45) is -18.5. The Morgan fingerprint density at radius 1 is 1.00 bits per heavy atom. The van der Waals surface area contributed by atoms with Gasteiger partial charge in [-0.05, 0) is 55.4 Å². The predicted octanol–water partition coefficient (Wildman–Crippen LogP) is 1.01. The molecule has 0 aliphatic carbocycles. The van der Waals surface area contributed by atoms with Gasteiger partial charge < -0.3 is 50.1 Å². The van der Waals surface area contributed by atoms with Crippen LogP contribution in [0.3, 0.4) is 0 Å². The first-order chi connectivity index (χ1) is 25.0. The Labute approximate surface area is 301 Å². The largest absolute Gasteiger partial charge is 0.452 e. The number of morpholine rings is 1. The van der Waals surface area contributed by atoms with Crippen LogP contribution in [0.15, 0.2) is 47.3 Å². The number of aromatic amines is 1. The van der Waals surface area contributed by atoms with Crippen molar-refractivity contribution in [3.63, 3.8) is 0 Å². The molecule has 4 rings (SSSR count). The smallest absolute Gasteiger partial charge is 0.394 e. The van der Waals surface area contributed by atoms with Crippen LogP contribution in [0.2, 0.25) is 0 Å². The molecular formula is C30H39F7N5O11P. The summed E-state index contributed by atoms with van der Waals surface area (Å²) in [5, 5.41) is 49.7. The zero-order chi connectivity index (χ0) is 40.8. The quantitative estimate of drug-likeness (QED) is 0.0865. The van der Waals surface area contributed by atoms with Crippen molar-refractivity contribution < 1.29 is 80.1 Å². The highest BCUT2D eigenvalue weighted by Gasteiger charge is 2.40.